The second-order valence-electron chi connectivity index (χ2n) is 3.92. The Hall–Kier alpha value is -1.55. The Labute approximate surface area is 94.3 Å². The summed E-state index contributed by atoms with van der Waals surface area (Å²) in [6, 6.07) is 3.01. The number of rotatable bonds is 2. The van der Waals surface area contributed by atoms with E-state index in [0.29, 0.717) is 30.3 Å². The van der Waals surface area contributed by atoms with Gasteiger partial charge in [0, 0.05) is 11.1 Å². The molecule has 4 nitrogen and oxygen atoms in total. The van der Waals surface area contributed by atoms with E-state index in [1.807, 2.05) is 6.92 Å². The van der Waals surface area contributed by atoms with Gasteiger partial charge in [-0.05, 0) is 26.0 Å². The van der Waals surface area contributed by atoms with Crippen molar-refractivity contribution in [3.63, 3.8) is 0 Å². The average Bonchev–Trinajstić information content (AvgIpc) is 2.29. The van der Waals surface area contributed by atoms with Crippen LogP contribution in [0.5, 0.6) is 11.5 Å². The zero-order chi connectivity index (χ0) is 11.7. The van der Waals surface area contributed by atoms with Gasteiger partial charge in [-0.15, -0.1) is 0 Å². The van der Waals surface area contributed by atoms with Crippen molar-refractivity contribution >= 4 is 5.78 Å². The molecule has 1 aliphatic heterocycles. The van der Waals surface area contributed by atoms with E-state index >= 15 is 0 Å². The molecule has 1 heterocycles. The Kier molecular flexibility index (Phi) is 2.83. The largest absolute Gasteiger partial charge is 0.486 e. The normalized spacial score (nSPS) is 15.7. The number of carbonyl (C=O) groups is 1. The van der Waals surface area contributed by atoms with Crippen LogP contribution in [0.15, 0.2) is 12.1 Å². The Morgan fingerprint density at radius 2 is 2.06 bits per heavy atom. The molecule has 0 radical (unpaired) electrons. The number of ketones is 1. The molecule has 0 spiro atoms. The van der Waals surface area contributed by atoms with Gasteiger partial charge in [-0.1, -0.05) is 0 Å². The first-order valence-corrected chi connectivity index (χ1v) is 5.30. The van der Waals surface area contributed by atoms with Gasteiger partial charge in [0.05, 0.1) is 6.04 Å². The summed E-state index contributed by atoms with van der Waals surface area (Å²) >= 11 is 0. The third-order valence-corrected chi connectivity index (χ3v) is 2.64. The third-order valence-electron chi connectivity index (χ3n) is 2.64. The molecular formula is C12H15NO3. The molecular weight excluding hydrogens is 206 g/mol. The van der Waals surface area contributed by atoms with Gasteiger partial charge in [-0.2, -0.15) is 0 Å². The minimum atomic E-state index is -0.499. The van der Waals surface area contributed by atoms with Gasteiger partial charge >= 0.3 is 0 Å². The molecule has 86 valence electrons. The first-order valence-electron chi connectivity index (χ1n) is 5.30. The van der Waals surface area contributed by atoms with Gasteiger partial charge in [-0.25, -0.2) is 0 Å². The summed E-state index contributed by atoms with van der Waals surface area (Å²) in [6.07, 6.45) is 0. The van der Waals surface area contributed by atoms with Gasteiger partial charge in [0.1, 0.15) is 13.2 Å². The monoisotopic (exact) mass is 221 g/mol. The van der Waals surface area contributed by atoms with Gasteiger partial charge in [-0.3, -0.25) is 4.79 Å². The van der Waals surface area contributed by atoms with Crippen LogP contribution >= 0.6 is 0 Å². The van der Waals surface area contributed by atoms with E-state index in [4.69, 9.17) is 15.2 Å². The minimum Gasteiger partial charge on any atom is -0.486 e. The number of Topliss-reactive ketones (excluding diaryl/α,β-unsaturated/α-hetero) is 1. The molecule has 0 bridgehead atoms. The lowest BCUT2D eigenvalue weighted by Gasteiger charge is -2.21. The highest BCUT2D eigenvalue weighted by molar-refractivity contribution is 6.01. The lowest BCUT2D eigenvalue weighted by atomic mass is 9.99. The zero-order valence-corrected chi connectivity index (χ0v) is 9.45. The van der Waals surface area contributed by atoms with Crippen LogP contribution < -0.4 is 15.2 Å². The van der Waals surface area contributed by atoms with E-state index in [9.17, 15) is 4.79 Å². The first kappa shape index (κ1) is 11.0. The lowest BCUT2D eigenvalue weighted by Crippen LogP contribution is -2.27. The number of ether oxygens (including phenoxy) is 2. The number of carbonyl (C=O) groups excluding carboxylic acids is 1. The van der Waals surface area contributed by atoms with Crippen molar-refractivity contribution in [3.05, 3.63) is 23.3 Å². The average molecular weight is 221 g/mol. The van der Waals surface area contributed by atoms with Crippen LogP contribution in [0.3, 0.4) is 0 Å². The smallest absolute Gasteiger partial charge is 0.179 e. The van der Waals surface area contributed by atoms with Crippen LogP contribution in [0, 0.1) is 6.92 Å². The van der Waals surface area contributed by atoms with Crippen molar-refractivity contribution in [1.29, 1.82) is 0 Å². The SMILES string of the molecule is Cc1c(C(=O)C(C)N)ccc2c1OCCO2. The maximum Gasteiger partial charge on any atom is 0.179 e. The summed E-state index contributed by atoms with van der Waals surface area (Å²) in [5.41, 5.74) is 7.01. The van der Waals surface area contributed by atoms with Crippen molar-refractivity contribution < 1.29 is 14.3 Å². The summed E-state index contributed by atoms with van der Waals surface area (Å²) in [4.78, 5) is 11.8. The molecule has 1 unspecified atom stereocenters. The van der Waals surface area contributed by atoms with Crippen molar-refractivity contribution in [2.24, 2.45) is 5.73 Å². The van der Waals surface area contributed by atoms with Crippen LogP contribution in [-0.2, 0) is 0 Å². The number of fused-ring (bicyclic) bond motifs is 1. The fraction of sp³-hybridized carbons (Fsp3) is 0.417. The maximum absolute atomic E-state index is 11.8. The quantitative estimate of drug-likeness (QED) is 0.764. The van der Waals surface area contributed by atoms with E-state index in [2.05, 4.69) is 0 Å². The summed E-state index contributed by atoms with van der Waals surface area (Å²) in [5.74, 6) is 1.29. The molecule has 1 aromatic rings. The Bertz CT molecular complexity index is 427. The third kappa shape index (κ3) is 1.76. The van der Waals surface area contributed by atoms with E-state index in [0.717, 1.165) is 5.56 Å². The number of hydrogen-bond acceptors (Lipinski definition) is 4. The molecule has 1 aromatic carbocycles. The number of nitrogens with two attached hydrogens (primary N) is 1. The summed E-state index contributed by atoms with van der Waals surface area (Å²) in [5, 5.41) is 0. The van der Waals surface area contributed by atoms with E-state index in [1.54, 1.807) is 19.1 Å². The highest BCUT2D eigenvalue weighted by atomic mass is 16.6. The van der Waals surface area contributed by atoms with E-state index in [1.165, 1.54) is 0 Å². The maximum atomic E-state index is 11.8. The highest BCUT2D eigenvalue weighted by Gasteiger charge is 2.21. The topological polar surface area (TPSA) is 61.6 Å². The van der Waals surface area contributed by atoms with Crippen LogP contribution in [0.1, 0.15) is 22.8 Å². The lowest BCUT2D eigenvalue weighted by molar-refractivity contribution is 0.0966. The minimum absolute atomic E-state index is 0.0746. The molecule has 0 saturated heterocycles. The zero-order valence-electron chi connectivity index (χ0n) is 9.45. The summed E-state index contributed by atoms with van der Waals surface area (Å²) in [7, 11) is 0. The van der Waals surface area contributed by atoms with Gasteiger partial charge in [0.2, 0.25) is 0 Å². The number of hydrogen-bond donors (Lipinski definition) is 1. The molecule has 2 N–H and O–H groups in total. The molecule has 1 atom stereocenters. The summed E-state index contributed by atoms with van der Waals surface area (Å²) in [6.45, 7) is 4.60. The Balaban J connectivity index is 2.45. The molecule has 16 heavy (non-hydrogen) atoms. The van der Waals surface area contributed by atoms with Gasteiger partial charge in [0.25, 0.3) is 0 Å². The van der Waals surface area contributed by atoms with E-state index in [-0.39, 0.29) is 5.78 Å². The highest BCUT2D eigenvalue weighted by Crippen LogP contribution is 2.35. The molecule has 0 aliphatic carbocycles. The second-order valence-corrected chi connectivity index (χ2v) is 3.92. The van der Waals surface area contributed by atoms with Crippen molar-refractivity contribution in [3.8, 4) is 11.5 Å². The molecule has 4 heteroatoms. The second kappa shape index (κ2) is 4.14. The first-order chi connectivity index (χ1) is 7.61. The standard InChI is InChI=1S/C12H15NO3/c1-7-9(11(14)8(2)13)3-4-10-12(7)16-6-5-15-10/h3-4,8H,5-6,13H2,1-2H3. The fourth-order valence-electron chi connectivity index (χ4n) is 1.77. The molecule has 1 aliphatic rings. The predicted molar refractivity (Wildman–Crippen MR) is 60.1 cm³/mol. The fourth-order valence-corrected chi connectivity index (χ4v) is 1.77. The molecule has 0 amide bonds. The Morgan fingerprint density at radius 3 is 2.75 bits per heavy atom. The van der Waals surface area contributed by atoms with Crippen LogP contribution in [0.25, 0.3) is 0 Å². The van der Waals surface area contributed by atoms with Crippen molar-refractivity contribution in [1.82, 2.24) is 0 Å². The summed E-state index contributed by atoms with van der Waals surface area (Å²) < 4.78 is 10.9. The molecule has 0 fully saturated rings. The Morgan fingerprint density at radius 1 is 1.38 bits per heavy atom. The van der Waals surface area contributed by atoms with Crippen LogP contribution in [-0.4, -0.2) is 25.0 Å². The van der Waals surface area contributed by atoms with Crippen LogP contribution in [0.2, 0.25) is 0 Å². The number of benzene rings is 1. The predicted octanol–water partition coefficient (Wildman–Crippen LogP) is 1.30. The molecule has 0 aromatic heterocycles. The van der Waals surface area contributed by atoms with Crippen LogP contribution in [0.4, 0.5) is 0 Å². The molecule has 2 rings (SSSR count). The van der Waals surface area contributed by atoms with Crippen molar-refractivity contribution in [2.75, 3.05) is 13.2 Å². The van der Waals surface area contributed by atoms with Gasteiger partial charge in [0.15, 0.2) is 17.3 Å². The molecule has 0 saturated carbocycles. The van der Waals surface area contributed by atoms with Gasteiger partial charge < -0.3 is 15.2 Å². The van der Waals surface area contributed by atoms with Crippen molar-refractivity contribution in [2.45, 2.75) is 19.9 Å². The van der Waals surface area contributed by atoms with E-state index < -0.39 is 6.04 Å².